The molecule has 6 rings (SSSR count). The molecule has 9 nitrogen and oxygen atoms in total. The number of aryl methyl sites for hydroxylation is 3. The summed E-state index contributed by atoms with van der Waals surface area (Å²) in [7, 11) is -1.26. The number of pyridine rings is 2. The summed E-state index contributed by atoms with van der Waals surface area (Å²) in [6.07, 6.45) is 7.93. The van der Waals surface area contributed by atoms with Crippen LogP contribution in [0.5, 0.6) is 0 Å². The average molecular weight is 604 g/mol. The van der Waals surface area contributed by atoms with Crippen molar-refractivity contribution in [2.24, 2.45) is 7.05 Å². The smallest absolute Gasteiger partial charge is 0.274 e. The lowest BCUT2D eigenvalue weighted by atomic mass is 9.99. The SMILES string of the molecule is Cc1c(NC(=O)c2cc3c(s2)CCCC3)cccc1-c1cc(Nc2ccc(N3CCS(=O)(=O)CC3)cn2)c(=O)n(C)c1. The number of anilines is 4. The van der Waals surface area contributed by atoms with Crippen molar-refractivity contribution in [2.75, 3.05) is 40.1 Å². The molecule has 1 amide bonds. The Hall–Kier alpha value is -3.96. The molecule has 4 aromatic rings. The quantitative estimate of drug-likeness (QED) is 0.321. The van der Waals surface area contributed by atoms with Gasteiger partial charge >= 0.3 is 0 Å². The van der Waals surface area contributed by atoms with E-state index in [0.29, 0.717) is 24.6 Å². The molecule has 1 aliphatic carbocycles. The molecule has 42 heavy (non-hydrogen) atoms. The summed E-state index contributed by atoms with van der Waals surface area (Å²) in [5, 5.41) is 6.25. The van der Waals surface area contributed by atoms with Crippen LogP contribution in [0.4, 0.5) is 22.9 Å². The third-order valence-electron chi connectivity index (χ3n) is 8.02. The largest absolute Gasteiger partial charge is 0.368 e. The van der Waals surface area contributed by atoms with E-state index in [2.05, 4.69) is 15.6 Å². The van der Waals surface area contributed by atoms with Gasteiger partial charge in [0.2, 0.25) is 0 Å². The summed E-state index contributed by atoms with van der Waals surface area (Å²) in [6, 6.07) is 13.3. The van der Waals surface area contributed by atoms with E-state index >= 15 is 0 Å². The van der Waals surface area contributed by atoms with Crippen LogP contribution < -0.4 is 21.1 Å². The number of carbonyl (C=O) groups excluding carboxylic acids is 1. The first kappa shape index (κ1) is 28.2. The van der Waals surface area contributed by atoms with Gasteiger partial charge in [0.15, 0.2) is 9.84 Å². The number of fused-ring (bicyclic) bond motifs is 1. The molecule has 0 spiro atoms. The maximum atomic E-state index is 13.1. The van der Waals surface area contributed by atoms with Crippen LogP contribution in [0.15, 0.2) is 59.7 Å². The summed E-state index contributed by atoms with van der Waals surface area (Å²) in [4.78, 5) is 34.7. The van der Waals surface area contributed by atoms with Crippen molar-refractivity contribution in [3.8, 4) is 11.1 Å². The van der Waals surface area contributed by atoms with Gasteiger partial charge in [-0.1, -0.05) is 12.1 Å². The van der Waals surface area contributed by atoms with E-state index < -0.39 is 9.84 Å². The molecule has 3 aromatic heterocycles. The van der Waals surface area contributed by atoms with Gasteiger partial charge in [0.05, 0.1) is 28.3 Å². The fourth-order valence-electron chi connectivity index (χ4n) is 5.57. The molecule has 0 saturated carbocycles. The Morgan fingerprint density at radius 2 is 1.81 bits per heavy atom. The first-order chi connectivity index (χ1) is 20.2. The lowest BCUT2D eigenvalue weighted by Crippen LogP contribution is -2.40. The van der Waals surface area contributed by atoms with Gasteiger partial charge in [-0.3, -0.25) is 9.59 Å². The highest BCUT2D eigenvalue weighted by Crippen LogP contribution is 2.33. The molecule has 1 aromatic carbocycles. The number of nitrogens with one attached hydrogen (secondary N) is 2. The molecule has 11 heteroatoms. The molecule has 1 aliphatic heterocycles. The molecular weight excluding hydrogens is 571 g/mol. The van der Waals surface area contributed by atoms with Gasteiger partial charge in [0, 0.05) is 42.5 Å². The predicted octanol–water partition coefficient (Wildman–Crippen LogP) is 4.93. The molecular formula is C31H33N5O4S2. The fourth-order valence-corrected chi connectivity index (χ4v) is 7.92. The molecule has 2 aliphatic rings. The average Bonchev–Trinajstić information content (AvgIpc) is 3.42. The minimum absolute atomic E-state index is 0.0989. The Morgan fingerprint density at radius 1 is 1.02 bits per heavy atom. The van der Waals surface area contributed by atoms with E-state index in [1.54, 1.807) is 42.9 Å². The molecule has 1 fully saturated rings. The number of aromatic nitrogens is 2. The number of amides is 1. The van der Waals surface area contributed by atoms with Crippen molar-refractivity contribution in [3.63, 3.8) is 0 Å². The minimum Gasteiger partial charge on any atom is -0.368 e. The standard InChI is InChI=1S/C31H33N5O4S2/c1-20-24(7-5-8-25(20)34-30(37)28-17-21-6-3-4-9-27(21)41-28)22-16-26(31(38)35(2)19-22)33-29-11-10-23(18-32-29)36-12-14-42(39,40)15-13-36/h5,7-8,10-11,16-19H,3-4,6,9,12-15H2,1-2H3,(H,32,33)(H,34,37). The van der Waals surface area contributed by atoms with Gasteiger partial charge in [0.1, 0.15) is 11.5 Å². The second kappa shape index (κ2) is 11.4. The second-order valence-corrected chi connectivity index (χ2v) is 14.4. The second-order valence-electron chi connectivity index (χ2n) is 10.9. The van der Waals surface area contributed by atoms with E-state index in [1.807, 2.05) is 42.2 Å². The first-order valence-corrected chi connectivity index (χ1v) is 16.7. The Labute approximate surface area is 249 Å². The van der Waals surface area contributed by atoms with Gasteiger partial charge in [-0.05, 0) is 79.6 Å². The highest BCUT2D eigenvalue weighted by Gasteiger charge is 2.22. The van der Waals surface area contributed by atoms with Gasteiger partial charge in [-0.2, -0.15) is 0 Å². The molecule has 0 bridgehead atoms. The number of nitrogens with zero attached hydrogens (tertiary/aromatic N) is 3. The van der Waals surface area contributed by atoms with Crippen molar-refractivity contribution in [1.29, 1.82) is 0 Å². The van der Waals surface area contributed by atoms with Crippen molar-refractivity contribution >= 4 is 50.0 Å². The number of sulfone groups is 1. The maximum absolute atomic E-state index is 13.1. The van der Waals surface area contributed by atoms with Crippen LogP contribution in [0.1, 0.15) is 38.5 Å². The van der Waals surface area contributed by atoms with Crippen LogP contribution in [-0.4, -0.2) is 48.5 Å². The predicted molar refractivity (Wildman–Crippen MR) is 169 cm³/mol. The first-order valence-electron chi connectivity index (χ1n) is 14.1. The maximum Gasteiger partial charge on any atom is 0.274 e. The van der Waals surface area contributed by atoms with Gasteiger partial charge in [0.25, 0.3) is 11.5 Å². The van der Waals surface area contributed by atoms with Crippen LogP contribution >= 0.6 is 11.3 Å². The summed E-state index contributed by atoms with van der Waals surface area (Å²) >= 11 is 1.59. The summed E-state index contributed by atoms with van der Waals surface area (Å²) in [6.45, 7) is 2.84. The Kier molecular flexibility index (Phi) is 7.63. The zero-order valence-corrected chi connectivity index (χ0v) is 25.3. The van der Waals surface area contributed by atoms with E-state index in [4.69, 9.17) is 0 Å². The molecule has 2 N–H and O–H groups in total. The van der Waals surface area contributed by atoms with Crippen molar-refractivity contribution in [1.82, 2.24) is 9.55 Å². The number of carbonyl (C=O) groups is 1. The van der Waals surface area contributed by atoms with Crippen molar-refractivity contribution in [2.45, 2.75) is 32.6 Å². The lowest BCUT2D eigenvalue weighted by Gasteiger charge is -2.28. The number of rotatable bonds is 6. The van der Waals surface area contributed by atoms with E-state index in [1.165, 1.54) is 27.8 Å². The van der Waals surface area contributed by atoms with Crippen LogP contribution in [0.2, 0.25) is 0 Å². The number of benzene rings is 1. The highest BCUT2D eigenvalue weighted by atomic mass is 32.2. The highest BCUT2D eigenvalue weighted by molar-refractivity contribution is 7.91. The van der Waals surface area contributed by atoms with Crippen LogP contribution in [0.3, 0.4) is 0 Å². The lowest BCUT2D eigenvalue weighted by molar-refractivity contribution is 0.103. The molecule has 0 unspecified atom stereocenters. The normalized spacial score (nSPS) is 16.1. The van der Waals surface area contributed by atoms with E-state index in [0.717, 1.165) is 45.8 Å². The monoisotopic (exact) mass is 603 g/mol. The van der Waals surface area contributed by atoms with Gasteiger partial charge in [-0.25, -0.2) is 13.4 Å². The number of hydrogen-bond acceptors (Lipinski definition) is 8. The minimum atomic E-state index is -2.97. The molecule has 4 heterocycles. The van der Waals surface area contributed by atoms with Crippen LogP contribution in [0.25, 0.3) is 11.1 Å². The van der Waals surface area contributed by atoms with Crippen LogP contribution in [0, 0.1) is 6.92 Å². The van der Waals surface area contributed by atoms with E-state index in [9.17, 15) is 18.0 Å². The van der Waals surface area contributed by atoms with Gasteiger partial charge < -0.3 is 20.1 Å². The Morgan fingerprint density at radius 3 is 2.55 bits per heavy atom. The summed E-state index contributed by atoms with van der Waals surface area (Å²) in [5.41, 5.74) is 5.68. The molecule has 0 atom stereocenters. The zero-order chi connectivity index (χ0) is 29.4. The van der Waals surface area contributed by atoms with Crippen LogP contribution in [-0.2, 0) is 29.7 Å². The zero-order valence-electron chi connectivity index (χ0n) is 23.6. The van der Waals surface area contributed by atoms with Crippen molar-refractivity contribution < 1.29 is 13.2 Å². The third-order valence-corrected chi connectivity index (χ3v) is 10.9. The summed E-state index contributed by atoms with van der Waals surface area (Å²) < 4.78 is 25.0. The van der Waals surface area contributed by atoms with Crippen molar-refractivity contribution in [3.05, 3.63) is 86.1 Å². The molecule has 218 valence electrons. The third kappa shape index (κ3) is 5.84. The van der Waals surface area contributed by atoms with E-state index in [-0.39, 0.29) is 23.0 Å². The summed E-state index contributed by atoms with van der Waals surface area (Å²) in [5.74, 6) is 0.679. The Bertz CT molecular complexity index is 1790. The molecule has 1 saturated heterocycles. The number of thiophene rings is 1. The Balaban J connectivity index is 1.22. The van der Waals surface area contributed by atoms with Gasteiger partial charge in [-0.15, -0.1) is 11.3 Å². The molecule has 0 radical (unpaired) electrons. The fraction of sp³-hybridized carbons (Fsp3) is 0.323. The number of hydrogen-bond donors (Lipinski definition) is 2. The topological polar surface area (TPSA) is 113 Å².